The molecule has 0 aliphatic heterocycles. The molecule has 0 atom stereocenters. The Kier molecular flexibility index (Phi) is 4.28. The van der Waals surface area contributed by atoms with Crippen LogP contribution in [0, 0.1) is 0 Å². The fourth-order valence-corrected chi connectivity index (χ4v) is 1.65. The molecule has 0 saturated heterocycles. The van der Waals surface area contributed by atoms with Crippen LogP contribution in [0.15, 0.2) is 11.0 Å². The molecule has 0 bridgehead atoms. The van der Waals surface area contributed by atoms with Crippen LogP contribution in [0.5, 0.6) is 0 Å². The molecular weight excluding hydrogens is 255 g/mol. The number of thiazole rings is 1. The zero-order chi connectivity index (χ0) is 13.1. The van der Waals surface area contributed by atoms with Gasteiger partial charge in [0.15, 0.2) is 5.01 Å². The highest BCUT2D eigenvalue weighted by molar-refractivity contribution is 7.09. The van der Waals surface area contributed by atoms with Gasteiger partial charge in [-0.1, -0.05) is 0 Å². The third-order valence-corrected chi connectivity index (χ3v) is 2.63. The first-order chi connectivity index (χ1) is 7.84. The monoisotopic (exact) mass is 265 g/mol. The quantitative estimate of drug-likeness (QED) is 0.622. The SMILES string of the molecule is CCOC(=O)/C(C)=C/c1csc(C(F)(F)F)n1. The number of alkyl halides is 3. The second-order valence-electron chi connectivity index (χ2n) is 3.12. The van der Waals surface area contributed by atoms with E-state index >= 15 is 0 Å². The van der Waals surface area contributed by atoms with Crippen molar-refractivity contribution in [3.8, 4) is 0 Å². The average molecular weight is 265 g/mol. The van der Waals surface area contributed by atoms with Crippen molar-refractivity contribution < 1.29 is 22.7 Å². The number of esters is 1. The van der Waals surface area contributed by atoms with Gasteiger partial charge < -0.3 is 4.74 Å². The summed E-state index contributed by atoms with van der Waals surface area (Å²) in [4.78, 5) is 14.6. The number of aromatic nitrogens is 1. The van der Waals surface area contributed by atoms with Crippen molar-refractivity contribution in [2.24, 2.45) is 0 Å². The van der Waals surface area contributed by atoms with Gasteiger partial charge in [-0.3, -0.25) is 0 Å². The van der Waals surface area contributed by atoms with Gasteiger partial charge in [-0.2, -0.15) is 13.2 Å². The van der Waals surface area contributed by atoms with Crippen LogP contribution in [0.3, 0.4) is 0 Å². The number of hydrogen-bond donors (Lipinski definition) is 0. The maximum Gasteiger partial charge on any atom is 0.443 e. The molecule has 0 saturated carbocycles. The summed E-state index contributed by atoms with van der Waals surface area (Å²) in [5, 5.41) is 0.311. The van der Waals surface area contributed by atoms with E-state index in [0.717, 1.165) is 0 Å². The highest BCUT2D eigenvalue weighted by Gasteiger charge is 2.34. The van der Waals surface area contributed by atoms with Crippen LogP contribution in [0.25, 0.3) is 6.08 Å². The van der Waals surface area contributed by atoms with Crippen molar-refractivity contribution in [3.63, 3.8) is 0 Å². The predicted molar refractivity (Wildman–Crippen MR) is 57.4 cm³/mol. The van der Waals surface area contributed by atoms with E-state index in [-0.39, 0.29) is 17.9 Å². The summed E-state index contributed by atoms with van der Waals surface area (Å²) < 4.78 is 41.5. The normalized spacial score (nSPS) is 12.6. The Morgan fingerprint density at radius 1 is 1.59 bits per heavy atom. The minimum absolute atomic E-state index is 0.105. The van der Waals surface area contributed by atoms with Crippen LogP contribution in [-0.4, -0.2) is 17.6 Å². The van der Waals surface area contributed by atoms with Crippen LogP contribution < -0.4 is 0 Å². The molecule has 0 aliphatic rings. The molecule has 7 heteroatoms. The summed E-state index contributed by atoms with van der Waals surface area (Å²) in [7, 11) is 0. The molecule has 0 unspecified atom stereocenters. The van der Waals surface area contributed by atoms with E-state index in [0.29, 0.717) is 11.3 Å². The van der Waals surface area contributed by atoms with Crippen LogP contribution in [0.2, 0.25) is 0 Å². The zero-order valence-corrected chi connectivity index (χ0v) is 9.98. The van der Waals surface area contributed by atoms with Crippen LogP contribution >= 0.6 is 11.3 Å². The van der Waals surface area contributed by atoms with Crippen molar-refractivity contribution in [1.82, 2.24) is 4.98 Å². The Morgan fingerprint density at radius 2 is 2.24 bits per heavy atom. The summed E-state index contributed by atoms with van der Waals surface area (Å²) in [5.41, 5.74) is 0.318. The molecule has 17 heavy (non-hydrogen) atoms. The summed E-state index contributed by atoms with van der Waals surface area (Å²) in [6.45, 7) is 3.33. The minimum Gasteiger partial charge on any atom is -0.463 e. The maximum absolute atomic E-state index is 12.3. The molecule has 94 valence electrons. The first kappa shape index (κ1) is 13.7. The van der Waals surface area contributed by atoms with Gasteiger partial charge >= 0.3 is 12.1 Å². The molecule has 1 heterocycles. The van der Waals surface area contributed by atoms with Crippen molar-refractivity contribution in [2.75, 3.05) is 6.61 Å². The number of carbonyl (C=O) groups is 1. The first-order valence-corrected chi connectivity index (χ1v) is 5.60. The van der Waals surface area contributed by atoms with Gasteiger partial charge in [0.2, 0.25) is 0 Å². The lowest BCUT2D eigenvalue weighted by molar-refractivity contribution is -0.138. The molecule has 3 nitrogen and oxygen atoms in total. The number of carbonyl (C=O) groups excluding carboxylic acids is 1. The lowest BCUT2D eigenvalue weighted by Crippen LogP contribution is -2.05. The second-order valence-corrected chi connectivity index (χ2v) is 3.98. The summed E-state index contributed by atoms with van der Waals surface area (Å²) in [6, 6.07) is 0. The van der Waals surface area contributed by atoms with E-state index in [1.165, 1.54) is 18.4 Å². The van der Waals surface area contributed by atoms with Gasteiger partial charge in [0.05, 0.1) is 12.3 Å². The number of ether oxygens (including phenoxy) is 1. The van der Waals surface area contributed by atoms with Gasteiger partial charge in [0.25, 0.3) is 0 Å². The van der Waals surface area contributed by atoms with E-state index in [4.69, 9.17) is 4.74 Å². The topological polar surface area (TPSA) is 39.2 Å². The van der Waals surface area contributed by atoms with Crippen molar-refractivity contribution >= 4 is 23.4 Å². The van der Waals surface area contributed by atoms with Gasteiger partial charge in [0, 0.05) is 11.0 Å². The van der Waals surface area contributed by atoms with Gasteiger partial charge in [-0.25, -0.2) is 9.78 Å². The molecule has 0 spiro atoms. The summed E-state index contributed by atoms with van der Waals surface area (Å²) >= 11 is 0.491. The Labute approximate surface area is 99.9 Å². The highest BCUT2D eigenvalue weighted by atomic mass is 32.1. The summed E-state index contributed by atoms with van der Waals surface area (Å²) in [5.74, 6) is -0.561. The van der Waals surface area contributed by atoms with Crippen molar-refractivity contribution in [3.05, 3.63) is 21.7 Å². The van der Waals surface area contributed by atoms with Gasteiger partial charge in [-0.05, 0) is 19.9 Å². The first-order valence-electron chi connectivity index (χ1n) is 4.72. The highest BCUT2D eigenvalue weighted by Crippen LogP contribution is 2.31. The lowest BCUT2D eigenvalue weighted by Gasteiger charge is -2.00. The third-order valence-electron chi connectivity index (χ3n) is 1.73. The maximum atomic E-state index is 12.3. The Balaban J connectivity index is 2.85. The summed E-state index contributed by atoms with van der Waals surface area (Å²) in [6.07, 6.45) is -3.18. The molecule has 0 aliphatic carbocycles. The lowest BCUT2D eigenvalue weighted by atomic mass is 10.2. The molecule has 0 amide bonds. The van der Waals surface area contributed by atoms with E-state index < -0.39 is 17.2 Å². The van der Waals surface area contributed by atoms with E-state index in [1.54, 1.807) is 6.92 Å². The van der Waals surface area contributed by atoms with Crippen molar-refractivity contribution in [2.45, 2.75) is 20.0 Å². The number of nitrogens with zero attached hydrogens (tertiary/aromatic N) is 1. The molecule has 1 aromatic heterocycles. The fourth-order valence-electron chi connectivity index (χ4n) is 1.01. The molecule has 1 rings (SSSR count). The molecular formula is C10H10F3NO2S. The standard InChI is InChI=1S/C10H10F3NO2S/c1-3-16-8(15)6(2)4-7-5-17-9(14-7)10(11,12)13/h4-5H,3H2,1-2H3/b6-4+. The Bertz CT molecular complexity index is 437. The third kappa shape index (κ3) is 3.85. The Hall–Kier alpha value is -1.37. The second kappa shape index (κ2) is 5.31. The van der Waals surface area contributed by atoms with Crippen molar-refractivity contribution in [1.29, 1.82) is 0 Å². The smallest absolute Gasteiger partial charge is 0.443 e. The molecule has 0 aromatic carbocycles. The Morgan fingerprint density at radius 3 is 2.71 bits per heavy atom. The predicted octanol–water partition coefficient (Wildman–Crippen LogP) is 3.13. The molecule has 0 N–H and O–H groups in total. The van der Waals surface area contributed by atoms with E-state index in [2.05, 4.69) is 4.98 Å². The van der Waals surface area contributed by atoms with Crippen LogP contribution in [0.4, 0.5) is 13.2 Å². The van der Waals surface area contributed by atoms with Gasteiger partial charge in [0.1, 0.15) is 0 Å². The van der Waals surface area contributed by atoms with E-state index in [9.17, 15) is 18.0 Å². The minimum atomic E-state index is -4.45. The largest absolute Gasteiger partial charge is 0.463 e. The number of hydrogen-bond acceptors (Lipinski definition) is 4. The fraction of sp³-hybridized carbons (Fsp3) is 0.400. The van der Waals surface area contributed by atoms with Crippen LogP contribution in [0.1, 0.15) is 24.5 Å². The average Bonchev–Trinajstić information content (AvgIpc) is 2.66. The molecule has 1 aromatic rings. The number of halogens is 3. The number of rotatable bonds is 3. The van der Waals surface area contributed by atoms with E-state index in [1.807, 2.05) is 0 Å². The zero-order valence-electron chi connectivity index (χ0n) is 9.17. The molecule has 0 fully saturated rings. The van der Waals surface area contributed by atoms with Gasteiger partial charge in [-0.15, -0.1) is 11.3 Å². The van der Waals surface area contributed by atoms with Crippen LogP contribution in [-0.2, 0) is 15.7 Å². The molecule has 0 radical (unpaired) electrons.